The van der Waals surface area contributed by atoms with Gasteiger partial charge in [0.05, 0.1) is 5.56 Å². The quantitative estimate of drug-likeness (QED) is 0.752. The first kappa shape index (κ1) is 14.4. The molecule has 0 heterocycles. The highest BCUT2D eigenvalue weighted by molar-refractivity contribution is 9.09. The Kier molecular flexibility index (Phi) is 4.12. The smallest absolute Gasteiger partial charge is 0.369 e. The second-order valence-electron chi connectivity index (χ2n) is 4.55. The lowest BCUT2D eigenvalue weighted by atomic mass is 10.1. The van der Waals surface area contributed by atoms with E-state index in [2.05, 4.69) is 15.9 Å². The van der Waals surface area contributed by atoms with Crippen LogP contribution in [0.25, 0.3) is 0 Å². The molecule has 0 spiro atoms. The maximum atomic E-state index is 12.4. The van der Waals surface area contributed by atoms with E-state index >= 15 is 0 Å². The van der Waals surface area contributed by atoms with Gasteiger partial charge in [0.15, 0.2) is 0 Å². The van der Waals surface area contributed by atoms with Gasteiger partial charge >= 0.3 is 6.18 Å². The van der Waals surface area contributed by atoms with E-state index in [4.69, 9.17) is 0 Å². The molecule has 0 fully saturated rings. The molecule has 0 bridgehead atoms. The second-order valence-corrected chi connectivity index (χ2v) is 5.11. The van der Waals surface area contributed by atoms with Crippen molar-refractivity contribution in [3.8, 4) is 0 Å². The topological polar surface area (TPSA) is 3.24 Å². The van der Waals surface area contributed by atoms with Crippen LogP contribution >= 0.6 is 15.9 Å². The first-order valence-corrected chi connectivity index (χ1v) is 6.28. The summed E-state index contributed by atoms with van der Waals surface area (Å²) in [5.41, 5.74) is -0.00604. The van der Waals surface area contributed by atoms with E-state index in [9.17, 15) is 13.2 Å². The first-order valence-electron chi connectivity index (χ1n) is 5.15. The minimum Gasteiger partial charge on any atom is -0.369 e. The average Bonchev–Trinajstić information content (AvgIpc) is 2.27. The molecule has 0 atom stereocenters. The lowest BCUT2D eigenvalue weighted by Gasteiger charge is -2.36. The standard InChI is InChI=1S/C12H15BrF3N/c1-11(2,8-13)17(3)10-6-4-9(5-7-10)12(14,15)16/h4-7H,8H2,1-3H3. The molecule has 17 heavy (non-hydrogen) atoms. The zero-order chi connectivity index (χ0) is 13.3. The molecule has 0 aromatic heterocycles. The number of rotatable bonds is 3. The highest BCUT2D eigenvalue weighted by atomic mass is 79.9. The summed E-state index contributed by atoms with van der Waals surface area (Å²) in [4.78, 5) is 1.95. The van der Waals surface area contributed by atoms with E-state index in [0.29, 0.717) is 0 Å². The molecule has 1 aromatic carbocycles. The van der Waals surface area contributed by atoms with Gasteiger partial charge in [0, 0.05) is 23.6 Å². The lowest BCUT2D eigenvalue weighted by Crippen LogP contribution is -2.42. The second kappa shape index (κ2) is 4.88. The molecule has 1 aromatic rings. The number of benzene rings is 1. The van der Waals surface area contributed by atoms with Crippen LogP contribution in [-0.2, 0) is 6.18 Å². The Morgan fingerprint density at radius 1 is 1.12 bits per heavy atom. The molecular weight excluding hydrogens is 295 g/mol. The summed E-state index contributed by atoms with van der Waals surface area (Å²) < 4.78 is 37.2. The van der Waals surface area contributed by atoms with Crippen LogP contribution in [0.5, 0.6) is 0 Å². The minimum atomic E-state index is -4.28. The van der Waals surface area contributed by atoms with E-state index in [1.807, 2.05) is 25.8 Å². The SMILES string of the molecule is CN(c1ccc(C(F)(F)F)cc1)C(C)(C)CBr. The summed E-state index contributed by atoms with van der Waals surface area (Å²) in [7, 11) is 1.86. The fourth-order valence-electron chi connectivity index (χ4n) is 1.31. The van der Waals surface area contributed by atoms with E-state index in [1.54, 1.807) is 0 Å². The van der Waals surface area contributed by atoms with Crippen molar-refractivity contribution in [1.29, 1.82) is 0 Å². The predicted octanol–water partition coefficient (Wildman–Crippen LogP) is 4.32. The molecule has 0 amide bonds. The molecule has 0 saturated carbocycles. The Balaban J connectivity index is 2.96. The lowest BCUT2D eigenvalue weighted by molar-refractivity contribution is -0.137. The van der Waals surface area contributed by atoms with Gasteiger partial charge in [-0.25, -0.2) is 0 Å². The van der Waals surface area contributed by atoms with Gasteiger partial charge in [-0.05, 0) is 38.1 Å². The third-order valence-electron chi connectivity index (χ3n) is 2.82. The molecule has 0 aliphatic rings. The van der Waals surface area contributed by atoms with Crippen molar-refractivity contribution in [3.05, 3.63) is 29.8 Å². The molecule has 0 radical (unpaired) electrons. The normalized spacial score (nSPS) is 12.6. The highest BCUT2D eigenvalue weighted by Gasteiger charge is 2.30. The molecule has 1 rings (SSSR count). The van der Waals surface area contributed by atoms with Crippen molar-refractivity contribution in [2.45, 2.75) is 25.6 Å². The number of nitrogens with zero attached hydrogens (tertiary/aromatic N) is 1. The number of anilines is 1. The molecule has 5 heteroatoms. The number of alkyl halides is 4. The van der Waals surface area contributed by atoms with E-state index < -0.39 is 11.7 Å². The minimum absolute atomic E-state index is 0.153. The van der Waals surface area contributed by atoms with Gasteiger partial charge in [0.1, 0.15) is 0 Å². The van der Waals surface area contributed by atoms with E-state index in [1.165, 1.54) is 12.1 Å². The Morgan fingerprint density at radius 2 is 1.59 bits per heavy atom. The fraction of sp³-hybridized carbons (Fsp3) is 0.500. The number of hydrogen-bond acceptors (Lipinski definition) is 1. The van der Waals surface area contributed by atoms with E-state index in [-0.39, 0.29) is 5.54 Å². The van der Waals surface area contributed by atoms with Crippen molar-refractivity contribution in [3.63, 3.8) is 0 Å². The molecule has 0 saturated heterocycles. The van der Waals surface area contributed by atoms with Crippen LogP contribution in [-0.4, -0.2) is 17.9 Å². The van der Waals surface area contributed by atoms with Crippen molar-refractivity contribution in [2.24, 2.45) is 0 Å². The average molecular weight is 310 g/mol. The Labute approximate surface area is 108 Å². The van der Waals surface area contributed by atoms with Crippen molar-refractivity contribution in [1.82, 2.24) is 0 Å². The van der Waals surface area contributed by atoms with Gasteiger partial charge in [-0.15, -0.1) is 0 Å². The van der Waals surface area contributed by atoms with Gasteiger partial charge in [-0.1, -0.05) is 15.9 Å². The largest absolute Gasteiger partial charge is 0.416 e. The van der Waals surface area contributed by atoms with Crippen LogP contribution in [0.1, 0.15) is 19.4 Å². The van der Waals surface area contributed by atoms with Crippen LogP contribution in [0.2, 0.25) is 0 Å². The fourth-order valence-corrected chi connectivity index (χ4v) is 1.69. The van der Waals surface area contributed by atoms with Crippen molar-refractivity contribution >= 4 is 21.6 Å². The summed E-state index contributed by atoms with van der Waals surface area (Å²) in [6, 6.07) is 5.20. The van der Waals surface area contributed by atoms with Crippen LogP contribution in [0.4, 0.5) is 18.9 Å². The summed E-state index contributed by atoms with van der Waals surface area (Å²) in [5.74, 6) is 0. The van der Waals surface area contributed by atoms with Crippen LogP contribution in [0, 0.1) is 0 Å². The Morgan fingerprint density at radius 3 is 1.94 bits per heavy atom. The van der Waals surface area contributed by atoms with Crippen LogP contribution < -0.4 is 4.90 Å². The zero-order valence-corrected chi connectivity index (χ0v) is 11.6. The summed E-state index contributed by atoms with van der Waals surface area (Å²) in [6.07, 6.45) is -4.28. The molecule has 0 unspecified atom stereocenters. The van der Waals surface area contributed by atoms with Crippen molar-refractivity contribution < 1.29 is 13.2 Å². The maximum absolute atomic E-state index is 12.4. The number of halogens is 4. The Hall–Kier alpha value is -0.710. The Bertz CT molecular complexity index is 370. The number of hydrogen-bond donors (Lipinski definition) is 0. The van der Waals surface area contributed by atoms with Gasteiger partial charge in [-0.3, -0.25) is 0 Å². The molecule has 1 nitrogen and oxygen atoms in total. The van der Waals surface area contributed by atoms with Crippen LogP contribution in [0.15, 0.2) is 24.3 Å². The summed E-state index contributed by atoms with van der Waals surface area (Å²) in [6.45, 7) is 4.03. The van der Waals surface area contributed by atoms with E-state index in [0.717, 1.165) is 23.2 Å². The first-order chi connectivity index (χ1) is 7.68. The van der Waals surface area contributed by atoms with Gasteiger partial charge in [0.25, 0.3) is 0 Å². The van der Waals surface area contributed by atoms with Crippen LogP contribution in [0.3, 0.4) is 0 Å². The molecule has 0 N–H and O–H groups in total. The summed E-state index contributed by atoms with van der Waals surface area (Å²) in [5, 5.41) is 0.734. The molecule has 96 valence electrons. The predicted molar refractivity (Wildman–Crippen MR) is 67.7 cm³/mol. The van der Waals surface area contributed by atoms with Gasteiger partial charge in [-0.2, -0.15) is 13.2 Å². The molecule has 0 aliphatic carbocycles. The molecular formula is C12H15BrF3N. The highest BCUT2D eigenvalue weighted by Crippen LogP contribution is 2.31. The molecule has 0 aliphatic heterocycles. The van der Waals surface area contributed by atoms with Gasteiger partial charge < -0.3 is 4.90 Å². The van der Waals surface area contributed by atoms with Gasteiger partial charge in [0.2, 0.25) is 0 Å². The third kappa shape index (κ3) is 3.37. The zero-order valence-electron chi connectivity index (χ0n) is 9.98. The third-order valence-corrected chi connectivity index (χ3v) is 4.19. The monoisotopic (exact) mass is 309 g/mol. The summed E-state index contributed by atoms with van der Waals surface area (Å²) >= 11 is 3.39. The maximum Gasteiger partial charge on any atom is 0.416 e. The van der Waals surface area contributed by atoms with Crippen molar-refractivity contribution in [2.75, 3.05) is 17.3 Å².